The molecule has 1 N–H and O–H groups in total. The van der Waals surface area contributed by atoms with Crippen LogP contribution in [-0.2, 0) is 4.74 Å². The quantitative estimate of drug-likeness (QED) is 0.861. The normalized spacial score (nSPS) is 23.7. The van der Waals surface area contributed by atoms with Crippen molar-refractivity contribution in [3.05, 3.63) is 23.8 Å². The first-order valence-electron chi connectivity index (χ1n) is 7.89. The van der Waals surface area contributed by atoms with Gasteiger partial charge in [-0.15, -0.1) is 0 Å². The molecule has 2 aliphatic rings. The van der Waals surface area contributed by atoms with Gasteiger partial charge in [-0.2, -0.15) is 0 Å². The highest BCUT2D eigenvalue weighted by Gasteiger charge is 2.33. The number of benzene rings is 1. The monoisotopic (exact) mass is 321 g/mol. The molecule has 23 heavy (non-hydrogen) atoms. The predicted molar refractivity (Wildman–Crippen MR) is 83.7 cm³/mol. The summed E-state index contributed by atoms with van der Waals surface area (Å²) in [7, 11) is 0. The van der Waals surface area contributed by atoms with Gasteiger partial charge in [0.25, 0.3) is 0 Å². The number of aliphatic hydroxyl groups excluding tert-OH is 1. The number of β-amino-alcohol motifs (C(OH)–C–C–N with tert-alkyl or cyclic N) is 1. The Morgan fingerprint density at radius 1 is 1.30 bits per heavy atom. The number of piperidine rings is 1. The zero-order valence-corrected chi connectivity index (χ0v) is 13.7. The lowest BCUT2D eigenvalue weighted by atomic mass is 9.87. The molecule has 0 radical (unpaired) electrons. The molecular formula is C17H23NO5. The lowest BCUT2D eigenvalue weighted by Crippen LogP contribution is -2.47. The summed E-state index contributed by atoms with van der Waals surface area (Å²) in [6.07, 6.45) is -0.322. The van der Waals surface area contributed by atoms with Crippen LogP contribution in [0.3, 0.4) is 0 Å². The van der Waals surface area contributed by atoms with E-state index in [1.54, 1.807) is 4.90 Å². The Balaban J connectivity index is 1.66. The molecule has 6 heteroatoms. The zero-order valence-electron chi connectivity index (χ0n) is 13.7. The molecule has 0 saturated carbocycles. The maximum Gasteiger partial charge on any atom is 0.410 e. The average molecular weight is 321 g/mol. The van der Waals surface area contributed by atoms with Gasteiger partial charge in [0.1, 0.15) is 5.60 Å². The second-order valence-corrected chi connectivity index (χ2v) is 7.00. The SMILES string of the molecule is CC(C)(C)OC(=O)N1CC[C@H](c2ccc3c(c2)OCO3)[C@H](O)C1. The summed E-state index contributed by atoms with van der Waals surface area (Å²) in [4.78, 5) is 13.7. The topological polar surface area (TPSA) is 68.2 Å². The number of aliphatic hydroxyl groups is 1. The summed E-state index contributed by atoms with van der Waals surface area (Å²) in [5, 5.41) is 10.5. The van der Waals surface area contributed by atoms with E-state index in [0.29, 0.717) is 18.7 Å². The van der Waals surface area contributed by atoms with Gasteiger partial charge in [0, 0.05) is 12.5 Å². The maximum atomic E-state index is 12.1. The van der Waals surface area contributed by atoms with Gasteiger partial charge < -0.3 is 24.2 Å². The highest BCUT2D eigenvalue weighted by atomic mass is 16.7. The van der Waals surface area contributed by atoms with Gasteiger partial charge in [0.15, 0.2) is 11.5 Å². The lowest BCUT2D eigenvalue weighted by molar-refractivity contribution is -0.00153. The fraction of sp³-hybridized carbons (Fsp3) is 0.588. The number of fused-ring (bicyclic) bond motifs is 1. The van der Waals surface area contributed by atoms with Gasteiger partial charge in [-0.3, -0.25) is 0 Å². The molecule has 0 aromatic heterocycles. The molecule has 0 spiro atoms. The van der Waals surface area contributed by atoms with Crippen LogP contribution in [0.4, 0.5) is 4.79 Å². The molecule has 2 aliphatic heterocycles. The van der Waals surface area contributed by atoms with Crippen LogP contribution in [0.2, 0.25) is 0 Å². The molecular weight excluding hydrogens is 298 g/mol. The largest absolute Gasteiger partial charge is 0.454 e. The van der Waals surface area contributed by atoms with Crippen molar-refractivity contribution in [2.75, 3.05) is 19.9 Å². The summed E-state index contributed by atoms with van der Waals surface area (Å²) in [6, 6.07) is 5.73. The second kappa shape index (κ2) is 5.92. The van der Waals surface area contributed by atoms with Crippen molar-refractivity contribution in [1.82, 2.24) is 4.90 Å². The van der Waals surface area contributed by atoms with Crippen LogP contribution in [0.15, 0.2) is 18.2 Å². The van der Waals surface area contributed by atoms with Crippen LogP contribution in [0.25, 0.3) is 0 Å². The fourth-order valence-corrected chi connectivity index (χ4v) is 2.96. The Kier molecular flexibility index (Phi) is 4.10. The first-order valence-corrected chi connectivity index (χ1v) is 7.89. The van der Waals surface area contributed by atoms with Crippen molar-refractivity contribution in [3.63, 3.8) is 0 Å². The Morgan fingerprint density at radius 3 is 2.74 bits per heavy atom. The molecule has 2 atom stereocenters. The van der Waals surface area contributed by atoms with Gasteiger partial charge in [-0.05, 0) is 44.9 Å². The van der Waals surface area contributed by atoms with Crippen LogP contribution >= 0.6 is 0 Å². The standard InChI is InChI=1S/C17H23NO5/c1-17(2,3)23-16(20)18-7-6-12(13(19)9-18)11-4-5-14-15(8-11)22-10-21-14/h4-5,8,12-13,19H,6-7,9-10H2,1-3H3/t12-,13-/m1/s1. The van der Waals surface area contributed by atoms with Crippen molar-refractivity contribution in [1.29, 1.82) is 0 Å². The minimum atomic E-state index is -0.628. The summed E-state index contributed by atoms with van der Waals surface area (Å²) in [5.41, 5.74) is 0.474. The second-order valence-electron chi connectivity index (χ2n) is 7.00. The zero-order chi connectivity index (χ0) is 16.6. The van der Waals surface area contributed by atoms with E-state index in [0.717, 1.165) is 11.3 Å². The van der Waals surface area contributed by atoms with E-state index in [2.05, 4.69) is 0 Å². The van der Waals surface area contributed by atoms with E-state index in [-0.39, 0.29) is 25.3 Å². The predicted octanol–water partition coefficient (Wildman–Crippen LogP) is 2.50. The number of likely N-dealkylation sites (tertiary alicyclic amines) is 1. The summed E-state index contributed by atoms with van der Waals surface area (Å²) in [5.74, 6) is 1.42. The molecule has 1 aromatic carbocycles. The molecule has 0 unspecified atom stereocenters. The Hall–Kier alpha value is -1.95. The molecule has 0 bridgehead atoms. The molecule has 2 heterocycles. The first-order chi connectivity index (χ1) is 10.8. The van der Waals surface area contributed by atoms with E-state index in [4.69, 9.17) is 14.2 Å². The van der Waals surface area contributed by atoms with Crippen LogP contribution in [0, 0.1) is 0 Å². The van der Waals surface area contributed by atoms with Crippen LogP contribution in [0.5, 0.6) is 11.5 Å². The number of amides is 1. The minimum absolute atomic E-state index is 0.0248. The number of carbonyl (C=O) groups excluding carboxylic acids is 1. The minimum Gasteiger partial charge on any atom is -0.454 e. The van der Waals surface area contributed by atoms with Crippen molar-refractivity contribution in [2.24, 2.45) is 0 Å². The van der Waals surface area contributed by atoms with Gasteiger partial charge in [-0.1, -0.05) is 6.07 Å². The third-order valence-electron chi connectivity index (χ3n) is 4.06. The number of hydrogen-bond donors (Lipinski definition) is 1. The highest BCUT2D eigenvalue weighted by molar-refractivity contribution is 5.68. The summed E-state index contributed by atoms with van der Waals surface area (Å²) in [6.45, 7) is 6.57. The maximum absolute atomic E-state index is 12.1. The Morgan fingerprint density at radius 2 is 2.04 bits per heavy atom. The number of carbonyl (C=O) groups is 1. The highest BCUT2D eigenvalue weighted by Crippen LogP contribution is 2.37. The van der Waals surface area contributed by atoms with E-state index in [9.17, 15) is 9.90 Å². The molecule has 1 aromatic rings. The summed E-state index contributed by atoms with van der Waals surface area (Å²) < 4.78 is 16.1. The number of ether oxygens (including phenoxy) is 3. The molecule has 6 nitrogen and oxygen atoms in total. The van der Waals surface area contributed by atoms with Crippen LogP contribution in [-0.4, -0.2) is 47.7 Å². The van der Waals surface area contributed by atoms with Crippen LogP contribution < -0.4 is 9.47 Å². The molecule has 3 rings (SSSR count). The first kappa shape index (κ1) is 15.9. The number of hydrogen-bond acceptors (Lipinski definition) is 5. The molecule has 126 valence electrons. The van der Waals surface area contributed by atoms with Gasteiger partial charge in [0.05, 0.1) is 12.6 Å². The van der Waals surface area contributed by atoms with E-state index in [1.807, 2.05) is 39.0 Å². The van der Waals surface area contributed by atoms with Crippen LogP contribution in [0.1, 0.15) is 38.7 Å². The van der Waals surface area contributed by atoms with Gasteiger partial charge in [0.2, 0.25) is 6.79 Å². The summed E-state index contributed by atoms with van der Waals surface area (Å²) >= 11 is 0. The third-order valence-corrected chi connectivity index (χ3v) is 4.06. The van der Waals surface area contributed by atoms with Crippen molar-refractivity contribution >= 4 is 6.09 Å². The fourth-order valence-electron chi connectivity index (χ4n) is 2.96. The number of nitrogens with zero attached hydrogens (tertiary/aromatic N) is 1. The smallest absolute Gasteiger partial charge is 0.410 e. The average Bonchev–Trinajstić information content (AvgIpc) is 2.92. The third kappa shape index (κ3) is 3.52. The van der Waals surface area contributed by atoms with Gasteiger partial charge >= 0.3 is 6.09 Å². The van der Waals surface area contributed by atoms with E-state index < -0.39 is 11.7 Å². The van der Waals surface area contributed by atoms with Crippen molar-refractivity contribution in [2.45, 2.75) is 44.8 Å². The molecule has 0 aliphatic carbocycles. The number of rotatable bonds is 1. The Bertz CT molecular complexity index is 595. The van der Waals surface area contributed by atoms with E-state index in [1.165, 1.54) is 0 Å². The molecule has 1 fully saturated rings. The van der Waals surface area contributed by atoms with E-state index >= 15 is 0 Å². The Labute approximate surface area is 135 Å². The van der Waals surface area contributed by atoms with Gasteiger partial charge in [-0.25, -0.2) is 4.79 Å². The van der Waals surface area contributed by atoms with Crippen molar-refractivity contribution in [3.8, 4) is 11.5 Å². The lowest BCUT2D eigenvalue weighted by Gasteiger charge is -2.36. The molecule has 1 saturated heterocycles. The molecule has 1 amide bonds. The van der Waals surface area contributed by atoms with Crippen molar-refractivity contribution < 1.29 is 24.1 Å².